The van der Waals surface area contributed by atoms with Gasteiger partial charge in [0.2, 0.25) is 0 Å². The summed E-state index contributed by atoms with van der Waals surface area (Å²) in [7, 11) is 4.09. The van der Waals surface area contributed by atoms with E-state index >= 15 is 0 Å². The molecule has 21 heavy (non-hydrogen) atoms. The van der Waals surface area contributed by atoms with E-state index in [-0.39, 0.29) is 0 Å². The summed E-state index contributed by atoms with van der Waals surface area (Å²) in [6, 6.07) is 10.9. The van der Waals surface area contributed by atoms with Crippen LogP contribution in [0, 0.1) is 0 Å². The van der Waals surface area contributed by atoms with Gasteiger partial charge >= 0.3 is 0 Å². The molecule has 3 nitrogen and oxygen atoms in total. The summed E-state index contributed by atoms with van der Waals surface area (Å²) >= 11 is 0. The standard InChI is InChI=1S/C18H22N2O/c1-13(20(2)3)19-15-9-10-16-14(12-15)6-4-7-17(16)18-8-5-11-21-18/h4-8,11,15H,9-10,12H2,1-3H3. The number of benzene rings is 1. The number of fused-ring (bicyclic) bond motifs is 1. The van der Waals surface area contributed by atoms with Gasteiger partial charge in [0.1, 0.15) is 5.76 Å². The van der Waals surface area contributed by atoms with Crippen LogP contribution < -0.4 is 0 Å². The van der Waals surface area contributed by atoms with Crippen molar-refractivity contribution >= 4 is 5.84 Å². The number of hydrogen-bond donors (Lipinski definition) is 0. The third-order valence-electron chi connectivity index (χ3n) is 4.26. The van der Waals surface area contributed by atoms with Crippen LogP contribution in [0.15, 0.2) is 46.0 Å². The molecule has 0 radical (unpaired) electrons. The number of rotatable bonds is 2. The maximum Gasteiger partial charge on any atom is 0.134 e. The average molecular weight is 282 g/mol. The van der Waals surface area contributed by atoms with Crippen LogP contribution in [0.2, 0.25) is 0 Å². The van der Waals surface area contributed by atoms with Crippen LogP contribution in [0.25, 0.3) is 11.3 Å². The quantitative estimate of drug-likeness (QED) is 0.619. The molecule has 1 atom stereocenters. The van der Waals surface area contributed by atoms with E-state index in [0.717, 1.165) is 30.9 Å². The molecule has 0 fully saturated rings. The number of nitrogens with zero attached hydrogens (tertiary/aromatic N) is 2. The Bertz CT molecular complexity index is 641. The van der Waals surface area contributed by atoms with E-state index in [1.807, 2.05) is 26.2 Å². The minimum Gasteiger partial charge on any atom is -0.464 e. The highest BCUT2D eigenvalue weighted by Crippen LogP contribution is 2.32. The molecule has 0 bridgehead atoms. The van der Waals surface area contributed by atoms with Gasteiger partial charge in [-0.05, 0) is 49.4 Å². The molecule has 1 aromatic carbocycles. The number of amidine groups is 1. The van der Waals surface area contributed by atoms with Crippen LogP contribution in [0.5, 0.6) is 0 Å². The molecule has 0 N–H and O–H groups in total. The van der Waals surface area contributed by atoms with Crippen LogP contribution >= 0.6 is 0 Å². The van der Waals surface area contributed by atoms with Crippen molar-refractivity contribution in [1.29, 1.82) is 0 Å². The molecule has 2 aromatic rings. The second-order valence-electron chi connectivity index (χ2n) is 5.89. The van der Waals surface area contributed by atoms with Gasteiger partial charge < -0.3 is 9.32 Å². The molecular weight excluding hydrogens is 260 g/mol. The summed E-state index contributed by atoms with van der Waals surface area (Å²) in [5.41, 5.74) is 4.08. The second kappa shape index (κ2) is 5.76. The Morgan fingerprint density at radius 1 is 1.24 bits per heavy atom. The Morgan fingerprint density at radius 3 is 2.81 bits per heavy atom. The van der Waals surface area contributed by atoms with Gasteiger partial charge in [0.05, 0.1) is 18.1 Å². The normalized spacial score (nSPS) is 18.4. The first-order chi connectivity index (χ1) is 10.1. The first-order valence-electron chi connectivity index (χ1n) is 7.51. The molecule has 1 aromatic heterocycles. The number of hydrogen-bond acceptors (Lipinski definition) is 2. The SMILES string of the molecule is CC(=NC1CCc2c(cccc2-c2ccco2)C1)N(C)C. The van der Waals surface area contributed by atoms with E-state index in [1.54, 1.807) is 6.26 Å². The minimum absolute atomic E-state index is 0.395. The van der Waals surface area contributed by atoms with Crippen molar-refractivity contribution in [3.8, 4) is 11.3 Å². The number of furan rings is 1. The Kier molecular flexibility index (Phi) is 3.82. The van der Waals surface area contributed by atoms with Crippen LogP contribution in [0.4, 0.5) is 0 Å². The summed E-state index contributed by atoms with van der Waals surface area (Å²) in [5.74, 6) is 2.07. The van der Waals surface area contributed by atoms with E-state index in [1.165, 1.54) is 16.7 Å². The largest absolute Gasteiger partial charge is 0.464 e. The molecule has 110 valence electrons. The van der Waals surface area contributed by atoms with Crippen molar-refractivity contribution in [2.45, 2.75) is 32.2 Å². The molecule has 0 aliphatic heterocycles. The fourth-order valence-corrected chi connectivity index (χ4v) is 2.94. The molecule has 0 spiro atoms. The van der Waals surface area contributed by atoms with Gasteiger partial charge in [-0.2, -0.15) is 0 Å². The van der Waals surface area contributed by atoms with E-state index in [4.69, 9.17) is 9.41 Å². The van der Waals surface area contributed by atoms with Gasteiger partial charge in [0.25, 0.3) is 0 Å². The van der Waals surface area contributed by atoms with Gasteiger partial charge in [-0.1, -0.05) is 18.2 Å². The highest BCUT2D eigenvalue weighted by atomic mass is 16.3. The zero-order valence-electron chi connectivity index (χ0n) is 13.0. The fourth-order valence-electron chi connectivity index (χ4n) is 2.94. The van der Waals surface area contributed by atoms with Crippen LogP contribution in [-0.2, 0) is 12.8 Å². The predicted octanol–water partition coefficient (Wildman–Crippen LogP) is 3.78. The number of aliphatic imine (C=N–C) groups is 1. The van der Waals surface area contributed by atoms with Crippen LogP contribution in [0.3, 0.4) is 0 Å². The van der Waals surface area contributed by atoms with Crippen molar-refractivity contribution in [2.75, 3.05) is 14.1 Å². The van der Waals surface area contributed by atoms with Gasteiger partial charge in [0, 0.05) is 19.7 Å². The molecule has 1 aliphatic carbocycles. The van der Waals surface area contributed by atoms with Crippen molar-refractivity contribution in [3.63, 3.8) is 0 Å². The first kappa shape index (κ1) is 13.9. The Hall–Kier alpha value is -2.03. The lowest BCUT2D eigenvalue weighted by molar-refractivity contribution is 0.548. The van der Waals surface area contributed by atoms with E-state index in [2.05, 4.69) is 30.0 Å². The zero-order chi connectivity index (χ0) is 14.8. The van der Waals surface area contributed by atoms with Crippen LogP contribution in [-0.4, -0.2) is 30.9 Å². The summed E-state index contributed by atoms with van der Waals surface area (Å²) in [4.78, 5) is 6.92. The molecular formula is C18H22N2O. The lowest BCUT2D eigenvalue weighted by Crippen LogP contribution is -2.24. The van der Waals surface area contributed by atoms with E-state index in [0.29, 0.717) is 6.04 Å². The molecule has 3 heteroatoms. The van der Waals surface area contributed by atoms with Gasteiger partial charge in [-0.15, -0.1) is 0 Å². The highest BCUT2D eigenvalue weighted by molar-refractivity contribution is 5.79. The molecule has 0 amide bonds. The first-order valence-corrected chi connectivity index (χ1v) is 7.51. The third kappa shape index (κ3) is 2.87. The van der Waals surface area contributed by atoms with Crippen LogP contribution in [0.1, 0.15) is 24.5 Å². The molecule has 1 unspecified atom stereocenters. The Labute approximate surface area is 126 Å². The van der Waals surface area contributed by atoms with E-state index in [9.17, 15) is 0 Å². The maximum absolute atomic E-state index is 5.57. The Morgan fingerprint density at radius 2 is 2.10 bits per heavy atom. The average Bonchev–Trinajstić information content (AvgIpc) is 3.00. The van der Waals surface area contributed by atoms with Crippen molar-refractivity contribution in [3.05, 3.63) is 47.7 Å². The lowest BCUT2D eigenvalue weighted by Gasteiger charge is -2.25. The molecule has 3 rings (SSSR count). The lowest BCUT2D eigenvalue weighted by atomic mass is 9.85. The van der Waals surface area contributed by atoms with Gasteiger partial charge in [-0.25, -0.2) is 0 Å². The van der Waals surface area contributed by atoms with Gasteiger partial charge in [-0.3, -0.25) is 4.99 Å². The zero-order valence-corrected chi connectivity index (χ0v) is 13.0. The summed E-state index contributed by atoms with van der Waals surface area (Å²) in [5, 5.41) is 0. The molecule has 0 saturated heterocycles. The predicted molar refractivity (Wildman–Crippen MR) is 86.8 cm³/mol. The monoisotopic (exact) mass is 282 g/mol. The van der Waals surface area contributed by atoms with E-state index < -0.39 is 0 Å². The molecule has 1 heterocycles. The Balaban J connectivity index is 1.88. The van der Waals surface area contributed by atoms with Gasteiger partial charge in [0.15, 0.2) is 0 Å². The van der Waals surface area contributed by atoms with Crippen molar-refractivity contribution < 1.29 is 4.42 Å². The van der Waals surface area contributed by atoms with Crippen molar-refractivity contribution in [1.82, 2.24) is 4.90 Å². The smallest absolute Gasteiger partial charge is 0.134 e. The second-order valence-corrected chi connectivity index (χ2v) is 5.89. The molecule has 1 aliphatic rings. The van der Waals surface area contributed by atoms with Crippen molar-refractivity contribution in [2.24, 2.45) is 4.99 Å². The highest BCUT2D eigenvalue weighted by Gasteiger charge is 2.21. The summed E-state index contributed by atoms with van der Waals surface area (Å²) < 4.78 is 5.57. The topological polar surface area (TPSA) is 28.7 Å². The fraction of sp³-hybridized carbons (Fsp3) is 0.389. The third-order valence-corrected chi connectivity index (χ3v) is 4.26. The summed E-state index contributed by atoms with van der Waals surface area (Å²) in [6.07, 6.45) is 4.94. The maximum atomic E-state index is 5.57. The minimum atomic E-state index is 0.395. The molecule has 0 saturated carbocycles. The summed E-state index contributed by atoms with van der Waals surface area (Å²) in [6.45, 7) is 2.08.